The van der Waals surface area contributed by atoms with E-state index in [9.17, 15) is 8.78 Å². The van der Waals surface area contributed by atoms with Gasteiger partial charge in [-0.15, -0.1) is 6.58 Å². The molecule has 0 aliphatic heterocycles. The van der Waals surface area contributed by atoms with Crippen molar-refractivity contribution in [3.05, 3.63) is 54.8 Å². The van der Waals surface area contributed by atoms with Gasteiger partial charge in [-0.05, 0) is 36.1 Å². The zero-order valence-electron chi connectivity index (χ0n) is 26.6. The maximum atomic E-state index is 13.9. The quantitative estimate of drug-likeness (QED) is 0.0618. The van der Waals surface area contributed by atoms with Crippen LogP contribution in [0.2, 0.25) is 0 Å². The number of para-hydroxylation sites is 1. The van der Waals surface area contributed by atoms with Crippen LogP contribution in [0.1, 0.15) is 107 Å². The van der Waals surface area contributed by atoms with Crippen LogP contribution in [0.5, 0.6) is 0 Å². The van der Waals surface area contributed by atoms with Crippen LogP contribution < -0.4 is 5.73 Å². The number of hydrogen-bond donors (Lipinski definition) is 2. The fourth-order valence-corrected chi connectivity index (χ4v) is 3.46. The minimum absolute atomic E-state index is 0.00125. The lowest BCUT2D eigenvalue weighted by Gasteiger charge is -2.14. The number of nitrogens with two attached hydrogens (primary N) is 1. The molecule has 2 atom stereocenters. The number of thiol groups is 1. The molecule has 0 saturated heterocycles. The van der Waals surface area contributed by atoms with Gasteiger partial charge in [0.25, 0.3) is 0 Å². The number of rotatable bonds is 12. The third-order valence-corrected chi connectivity index (χ3v) is 6.03. The smallest absolute Gasteiger partial charge is 0.301 e. The molecule has 1 aromatic rings. The molecule has 0 fully saturated rings. The molecular formula is C34H59F2N2PS. The predicted octanol–water partition coefficient (Wildman–Crippen LogP) is 11.3. The van der Waals surface area contributed by atoms with Gasteiger partial charge < -0.3 is 5.73 Å². The van der Waals surface area contributed by atoms with Gasteiger partial charge in [-0.1, -0.05) is 146 Å². The number of halogens is 2. The van der Waals surface area contributed by atoms with Gasteiger partial charge in [0.05, 0.1) is 11.3 Å². The van der Waals surface area contributed by atoms with Crippen molar-refractivity contribution in [2.24, 2.45) is 28.5 Å². The Morgan fingerprint density at radius 1 is 1.00 bits per heavy atom. The first-order valence-electron chi connectivity index (χ1n) is 14.9. The van der Waals surface area contributed by atoms with Crippen molar-refractivity contribution < 1.29 is 8.78 Å². The number of unbranched alkanes of at least 4 members (excludes halogenated alkanes) is 5. The van der Waals surface area contributed by atoms with Gasteiger partial charge in [-0.2, -0.15) is 21.4 Å². The highest BCUT2D eigenvalue weighted by Gasteiger charge is 2.32. The van der Waals surface area contributed by atoms with Gasteiger partial charge >= 0.3 is 5.66 Å². The van der Waals surface area contributed by atoms with Crippen molar-refractivity contribution in [2.75, 3.05) is 5.75 Å². The van der Waals surface area contributed by atoms with Crippen LogP contribution in [0.3, 0.4) is 0 Å². The molecule has 6 heteroatoms. The second kappa shape index (κ2) is 28.9. The van der Waals surface area contributed by atoms with Crippen LogP contribution in [0.15, 0.2) is 59.8 Å². The zero-order valence-corrected chi connectivity index (χ0v) is 28.7. The number of allylic oxidation sites excluding steroid dienone is 2. The minimum Gasteiger partial charge on any atom is -0.404 e. The molecule has 0 radical (unpaired) electrons. The Morgan fingerprint density at radius 2 is 1.52 bits per heavy atom. The van der Waals surface area contributed by atoms with E-state index in [2.05, 4.69) is 77.6 Å². The van der Waals surface area contributed by atoms with Crippen LogP contribution in [0, 0.1) is 29.6 Å². The summed E-state index contributed by atoms with van der Waals surface area (Å²) in [5.74, 6) is 7.60. The van der Waals surface area contributed by atoms with Gasteiger partial charge in [0.2, 0.25) is 0 Å². The Hall–Kier alpha value is -1.63. The summed E-state index contributed by atoms with van der Waals surface area (Å²) in [5, 5.41) is 0. The van der Waals surface area contributed by atoms with Crippen molar-refractivity contribution in [3.63, 3.8) is 0 Å². The number of nitrogens with zero attached hydrogens (tertiary/aromatic N) is 1. The summed E-state index contributed by atoms with van der Waals surface area (Å²) >= 11 is 4.06. The van der Waals surface area contributed by atoms with Crippen LogP contribution in [-0.2, 0) is 0 Å². The Morgan fingerprint density at radius 3 is 1.82 bits per heavy atom. The normalized spacial score (nSPS) is 12.1. The SMILES string of the molecule is C=CC(C#C/C(=C/N)C(=Nc1ccccc1)C(F)(F)P)C(C)C.CC(C)CCS.CCCC.CCCCCCC. The van der Waals surface area contributed by atoms with Crippen LogP contribution >= 0.6 is 21.9 Å². The monoisotopic (exact) mass is 596 g/mol. The number of benzene rings is 1. The largest absolute Gasteiger partial charge is 0.404 e. The fourth-order valence-electron chi connectivity index (χ4n) is 2.72. The van der Waals surface area contributed by atoms with E-state index < -0.39 is 11.4 Å². The second-order valence-corrected chi connectivity index (χ2v) is 11.4. The van der Waals surface area contributed by atoms with Gasteiger partial charge in [0, 0.05) is 12.1 Å². The molecule has 0 saturated carbocycles. The fraction of sp³-hybridized carbons (Fsp3) is 0.618. The summed E-state index contributed by atoms with van der Waals surface area (Å²) in [4.78, 5) is 4.02. The molecule has 2 N–H and O–H groups in total. The van der Waals surface area contributed by atoms with E-state index in [-0.39, 0.29) is 17.4 Å². The first-order chi connectivity index (χ1) is 18.9. The summed E-state index contributed by atoms with van der Waals surface area (Å²) in [6, 6.07) is 8.51. The molecule has 0 bridgehead atoms. The second-order valence-electron chi connectivity index (χ2n) is 10.2. The first kappa shape index (κ1) is 42.8. The van der Waals surface area contributed by atoms with Gasteiger partial charge in [-0.3, -0.25) is 0 Å². The van der Waals surface area contributed by atoms with Crippen molar-refractivity contribution in [2.45, 2.75) is 112 Å². The summed E-state index contributed by atoms with van der Waals surface area (Å²) in [5.41, 5.74) is 2.21. The number of aliphatic imine (C=N–C) groups is 1. The zero-order chi connectivity index (χ0) is 31.4. The van der Waals surface area contributed by atoms with Crippen LogP contribution in [-0.4, -0.2) is 17.1 Å². The molecule has 230 valence electrons. The highest BCUT2D eigenvalue weighted by atomic mass is 32.1. The lowest BCUT2D eigenvalue weighted by atomic mass is 9.96. The molecule has 1 aromatic carbocycles. The third-order valence-electron chi connectivity index (χ3n) is 5.49. The van der Waals surface area contributed by atoms with E-state index in [0.29, 0.717) is 5.69 Å². The van der Waals surface area contributed by atoms with E-state index in [4.69, 9.17) is 5.73 Å². The Kier molecular flexibility index (Phi) is 30.9. The highest BCUT2D eigenvalue weighted by molar-refractivity contribution is 7.80. The molecule has 0 spiro atoms. The Labute approximate surface area is 254 Å². The van der Waals surface area contributed by atoms with E-state index in [0.717, 1.165) is 17.9 Å². The molecule has 0 amide bonds. The van der Waals surface area contributed by atoms with Crippen LogP contribution in [0.25, 0.3) is 0 Å². The molecule has 0 aromatic heterocycles. The summed E-state index contributed by atoms with van der Waals surface area (Å²) in [6.45, 7) is 20.9. The maximum Gasteiger partial charge on any atom is 0.301 e. The summed E-state index contributed by atoms with van der Waals surface area (Å²) in [6.07, 6.45) is 13.6. The van der Waals surface area contributed by atoms with Crippen LogP contribution in [0.4, 0.5) is 14.5 Å². The van der Waals surface area contributed by atoms with Gasteiger partial charge in [-0.25, -0.2) is 4.99 Å². The van der Waals surface area contributed by atoms with Crippen molar-refractivity contribution in [1.82, 2.24) is 0 Å². The molecule has 1 rings (SSSR count). The van der Waals surface area contributed by atoms with Crippen molar-refractivity contribution in [3.8, 4) is 11.8 Å². The predicted molar refractivity (Wildman–Crippen MR) is 185 cm³/mol. The average Bonchev–Trinajstić information content (AvgIpc) is 2.91. The summed E-state index contributed by atoms with van der Waals surface area (Å²) in [7, 11) is 1.48. The van der Waals surface area contributed by atoms with E-state index in [1.54, 1.807) is 36.4 Å². The topological polar surface area (TPSA) is 38.4 Å². The Bertz CT molecular complexity index is 829. The standard InChI is InChI=1S/C18H21F2N2P.C7H16.C5H12S.C4H10/c1-4-14(13(2)3)10-11-15(12-21)17(18(19,20)23)22-16-8-6-5-7-9-16;1-3-5-7-6-4-2;1-5(2)3-4-6;1-3-4-2/h4-9,12-14H,1,21,23H2,2-3H3;3-7H2,1-2H3;5-6H,3-4H2,1-2H3;3-4H2,1-2H3/b15-12-,22-17?;;;. The lowest BCUT2D eigenvalue weighted by Crippen LogP contribution is -2.23. The van der Waals surface area contributed by atoms with E-state index >= 15 is 0 Å². The maximum absolute atomic E-state index is 13.9. The van der Waals surface area contributed by atoms with Crippen molar-refractivity contribution in [1.29, 1.82) is 0 Å². The Balaban J connectivity index is -0.000000653. The molecule has 40 heavy (non-hydrogen) atoms. The molecule has 0 aliphatic carbocycles. The molecule has 2 unspecified atom stereocenters. The summed E-state index contributed by atoms with van der Waals surface area (Å²) < 4.78 is 27.8. The van der Waals surface area contributed by atoms with E-state index in [1.807, 2.05) is 13.8 Å². The minimum atomic E-state index is -3.24. The number of alkyl halides is 2. The van der Waals surface area contributed by atoms with Gasteiger partial charge in [0.1, 0.15) is 5.71 Å². The molecular weight excluding hydrogens is 537 g/mol. The highest BCUT2D eigenvalue weighted by Crippen LogP contribution is 2.30. The van der Waals surface area contributed by atoms with Gasteiger partial charge in [0.15, 0.2) is 0 Å². The molecule has 2 nitrogen and oxygen atoms in total. The van der Waals surface area contributed by atoms with Crippen molar-refractivity contribution >= 4 is 33.3 Å². The molecule has 0 heterocycles. The third kappa shape index (κ3) is 26.6. The van der Waals surface area contributed by atoms with E-state index in [1.165, 1.54) is 60.6 Å². The number of hydrogen-bond acceptors (Lipinski definition) is 3. The lowest BCUT2D eigenvalue weighted by molar-refractivity contribution is 0.184. The molecule has 0 aliphatic rings. The average molecular weight is 597 g/mol. The first-order valence-corrected chi connectivity index (χ1v) is 16.1.